The Morgan fingerprint density at radius 3 is 2.58 bits per heavy atom. The van der Waals surface area contributed by atoms with E-state index in [0.717, 1.165) is 5.56 Å². The first kappa shape index (κ1) is 18.7. The molecule has 2 aromatic rings. The molecule has 2 aromatic carbocycles. The molecule has 0 aliphatic carbocycles. The summed E-state index contributed by atoms with van der Waals surface area (Å²) in [7, 11) is 1.58. The highest BCUT2D eigenvalue weighted by atomic mass is 35.5. The van der Waals surface area contributed by atoms with Crippen molar-refractivity contribution in [3.05, 3.63) is 69.7 Å². The van der Waals surface area contributed by atoms with Crippen LogP contribution < -0.4 is 0 Å². The summed E-state index contributed by atoms with van der Waals surface area (Å²) in [4.78, 5) is 28.9. The minimum atomic E-state index is -0.439. The number of hydrogen-bond donors (Lipinski definition) is 0. The van der Waals surface area contributed by atoms with E-state index in [1.54, 1.807) is 24.1 Å². The van der Waals surface area contributed by atoms with E-state index in [9.17, 15) is 9.59 Å². The molecule has 5 nitrogen and oxygen atoms in total. The Morgan fingerprint density at radius 2 is 1.92 bits per heavy atom. The maximum absolute atomic E-state index is 13.1. The molecule has 1 fully saturated rings. The average molecular weight is 393 g/mol. The maximum Gasteiger partial charge on any atom is 0.327 e. The lowest BCUT2D eigenvalue weighted by Crippen LogP contribution is -2.38. The van der Waals surface area contributed by atoms with Crippen LogP contribution in [0.3, 0.4) is 0 Å². The number of carbonyl (C=O) groups is 2. The standard InChI is InChI=1S/C19H18Cl2N2O3/c1-26-10-9-22-12-17(13-5-3-2-4-6-13)23(19(22)25)18(24)15-8-7-14(20)11-16(15)21/h2-8,11,17H,9-10,12H2,1H3. The molecule has 1 unspecified atom stereocenters. The topological polar surface area (TPSA) is 49.9 Å². The fraction of sp³-hybridized carbons (Fsp3) is 0.263. The lowest BCUT2D eigenvalue weighted by molar-refractivity contribution is 0.0779. The zero-order valence-corrected chi connectivity index (χ0v) is 15.7. The molecule has 1 aliphatic rings. The van der Waals surface area contributed by atoms with Gasteiger partial charge in [0, 0.05) is 25.2 Å². The van der Waals surface area contributed by atoms with E-state index in [1.165, 1.54) is 11.0 Å². The van der Waals surface area contributed by atoms with E-state index in [2.05, 4.69) is 0 Å². The van der Waals surface area contributed by atoms with Gasteiger partial charge >= 0.3 is 6.03 Å². The van der Waals surface area contributed by atoms with Gasteiger partial charge in [0.05, 0.1) is 23.2 Å². The molecular weight excluding hydrogens is 375 g/mol. The number of imide groups is 1. The van der Waals surface area contributed by atoms with Crippen LogP contribution in [0.1, 0.15) is 22.0 Å². The molecule has 1 heterocycles. The molecule has 0 radical (unpaired) electrons. The second-order valence-corrected chi connectivity index (χ2v) is 6.79. The number of hydrogen-bond acceptors (Lipinski definition) is 3. The predicted octanol–water partition coefficient (Wildman–Crippen LogP) is 4.26. The number of urea groups is 1. The quantitative estimate of drug-likeness (QED) is 0.763. The summed E-state index contributed by atoms with van der Waals surface area (Å²) >= 11 is 12.1. The summed E-state index contributed by atoms with van der Waals surface area (Å²) < 4.78 is 5.07. The molecule has 0 aromatic heterocycles. The number of amides is 3. The second-order valence-electron chi connectivity index (χ2n) is 5.95. The van der Waals surface area contributed by atoms with Gasteiger partial charge < -0.3 is 9.64 Å². The number of carbonyl (C=O) groups excluding carboxylic acids is 2. The van der Waals surface area contributed by atoms with Crippen LogP contribution in [-0.2, 0) is 4.74 Å². The van der Waals surface area contributed by atoms with Crippen LogP contribution in [0.15, 0.2) is 48.5 Å². The third-order valence-corrected chi connectivity index (χ3v) is 4.86. The van der Waals surface area contributed by atoms with E-state index in [4.69, 9.17) is 27.9 Å². The summed E-state index contributed by atoms with van der Waals surface area (Å²) in [5.74, 6) is -0.439. The normalized spacial score (nSPS) is 17.0. The van der Waals surface area contributed by atoms with Gasteiger partial charge in [0.2, 0.25) is 0 Å². The van der Waals surface area contributed by atoms with Gasteiger partial charge in [-0.2, -0.15) is 0 Å². The number of halogens is 2. The molecule has 0 saturated carbocycles. The minimum Gasteiger partial charge on any atom is -0.383 e. The van der Waals surface area contributed by atoms with Gasteiger partial charge in [-0.15, -0.1) is 0 Å². The van der Waals surface area contributed by atoms with E-state index in [1.807, 2.05) is 30.3 Å². The molecule has 1 aliphatic heterocycles. The smallest absolute Gasteiger partial charge is 0.327 e. The first-order chi connectivity index (χ1) is 12.5. The SMILES string of the molecule is COCCN1CC(c2ccccc2)N(C(=O)c2ccc(Cl)cc2Cl)C1=O. The zero-order chi connectivity index (χ0) is 18.7. The molecule has 1 atom stereocenters. The van der Waals surface area contributed by atoms with Crippen LogP contribution in [0.5, 0.6) is 0 Å². The number of rotatable bonds is 5. The van der Waals surface area contributed by atoms with Crippen LogP contribution >= 0.6 is 23.2 Å². The van der Waals surface area contributed by atoms with Crippen molar-refractivity contribution < 1.29 is 14.3 Å². The van der Waals surface area contributed by atoms with Crippen molar-refractivity contribution in [3.8, 4) is 0 Å². The summed E-state index contributed by atoms with van der Waals surface area (Å²) in [5.41, 5.74) is 1.14. The Bertz CT molecular complexity index is 814. The Morgan fingerprint density at radius 1 is 1.19 bits per heavy atom. The van der Waals surface area contributed by atoms with Crippen molar-refractivity contribution in [3.63, 3.8) is 0 Å². The van der Waals surface area contributed by atoms with Crippen LogP contribution in [-0.4, -0.2) is 48.5 Å². The Labute approximate surface area is 162 Å². The lowest BCUT2D eigenvalue weighted by atomic mass is 10.1. The summed E-state index contributed by atoms with van der Waals surface area (Å²) in [5, 5.41) is 0.651. The van der Waals surface area contributed by atoms with Gasteiger partial charge in [0.1, 0.15) is 0 Å². The first-order valence-corrected chi connectivity index (χ1v) is 8.90. The molecule has 0 bridgehead atoms. The Hall–Kier alpha value is -2.08. The fourth-order valence-electron chi connectivity index (χ4n) is 2.99. The molecule has 0 spiro atoms. The van der Waals surface area contributed by atoms with Gasteiger partial charge in [0.15, 0.2) is 0 Å². The number of ether oxygens (including phenoxy) is 1. The van der Waals surface area contributed by atoms with Gasteiger partial charge in [-0.25, -0.2) is 4.79 Å². The van der Waals surface area contributed by atoms with E-state index in [-0.39, 0.29) is 22.7 Å². The molecular formula is C19H18Cl2N2O3. The van der Waals surface area contributed by atoms with Crippen molar-refractivity contribution in [2.24, 2.45) is 0 Å². The molecule has 0 N–H and O–H groups in total. The van der Waals surface area contributed by atoms with E-state index < -0.39 is 5.91 Å². The Kier molecular flexibility index (Phi) is 5.81. The fourth-order valence-corrected chi connectivity index (χ4v) is 3.48. The Balaban J connectivity index is 1.96. The van der Waals surface area contributed by atoms with E-state index >= 15 is 0 Å². The highest BCUT2D eigenvalue weighted by Crippen LogP contribution is 2.33. The second kappa shape index (κ2) is 8.08. The third kappa shape index (κ3) is 3.70. The van der Waals surface area contributed by atoms with Crippen LogP contribution in [0.2, 0.25) is 10.0 Å². The molecule has 3 rings (SSSR count). The molecule has 136 valence electrons. The summed E-state index contributed by atoms with van der Waals surface area (Å²) in [6.07, 6.45) is 0. The highest BCUT2D eigenvalue weighted by Gasteiger charge is 2.42. The highest BCUT2D eigenvalue weighted by molar-refractivity contribution is 6.37. The van der Waals surface area contributed by atoms with Crippen molar-refractivity contribution >= 4 is 35.1 Å². The lowest BCUT2D eigenvalue weighted by Gasteiger charge is -2.22. The van der Waals surface area contributed by atoms with Gasteiger partial charge in [-0.3, -0.25) is 9.69 Å². The van der Waals surface area contributed by atoms with E-state index in [0.29, 0.717) is 24.7 Å². The summed E-state index contributed by atoms with van der Waals surface area (Å²) in [6.45, 7) is 1.22. The minimum absolute atomic E-state index is 0.220. The van der Waals surface area contributed by atoms with Crippen molar-refractivity contribution in [1.82, 2.24) is 9.80 Å². The van der Waals surface area contributed by atoms with Gasteiger partial charge in [-0.05, 0) is 23.8 Å². The maximum atomic E-state index is 13.1. The van der Waals surface area contributed by atoms with Crippen molar-refractivity contribution in [2.45, 2.75) is 6.04 Å². The first-order valence-electron chi connectivity index (χ1n) is 8.14. The number of benzene rings is 2. The molecule has 1 saturated heterocycles. The third-order valence-electron chi connectivity index (χ3n) is 4.31. The largest absolute Gasteiger partial charge is 0.383 e. The van der Waals surface area contributed by atoms with Crippen LogP contribution in [0.4, 0.5) is 4.79 Å². The van der Waals surface area contributed by atoms with Crippen LogP contribution in [0.25, 0.3) is 0 Å². The van der Waals surface area contributed by atoms with Gasteiger partial charge in [0.25, 0.3) is 5.91 Å². The summed E-state index contributed by atoms with van der Waals surface area (Å²) in [6, 6.07) is 13.4. The number of methoxy groups -OCH3 is 1. The zero-order valence-electron chi connectivity index (χ0n) is 14.2. The average Bonchev–Trinajstić information content (AvgIpc) is 2.96. The predicted molar refractivity (Wildman–Crippen MR) is 101 cm³/mol. The molecule has 7 heteroatoms. The monoisotopic (exact) mass is 392 g/mol. The molecule has 26 heavy (non-hydrogen) atoms. The van der Waals surface area contributed by atoms with Crippen molar-refractivity contribution in [2.75, 3.05) is 26.8 Å². The number of nitrogens with zero attached hydrogens (tertiary/aromatic N) is 2. The van der Waals surface area contributed by atoms with Gasteiger partial charge in [-0.1, -0.05) is 53.5 Å². The van der Waals surface area contributed by atoms with Crippen LogP contribution in [0, 0.1) is 0 Å². The molecule has 3 amide bonds. The van der Waals surface area contributed by atoms with Crippen molar-refractivity contribution in [1.29, 1.82) is 0 Å².